The minimum absolute atomic E-state index is 0.0986. The number of benzene rings is 2. The van der Waals surface area contributed by atoms with Crippen LogP contribution in [0.4, 0.5) is 15.9 Å². The second-order valence-electron chi connectivity index (χ2n) is 8.99. The molecule has 7 nitrogen and oxygen atoms in total. The van der Waals surface area contributed by atoms with E-state index < -0.39 is 23.7 Å². The fourth-order valence-corrected chi connectivity index (χ4v) is 3.94. The summed E-state index contributed by atoms with van der Waals surface area (Å²) in [6.07, 6.45) is 1.32. The molecular formula is C28H31FN4O3. The maximum atomic E-state index is 13.7. The van der Waals surface area contributed by atoms with E-state index in [1.165, 1.54) is 29.2 Å². The molecule has 3 amide bonds. The number of hydrogen-bond donors (Lipinski definition) is 2. The SMILES string of the molecule is Cc1cc(C)cc(N(C(=O)CCC(=O)Nc2ccccn2)C(C(=O)NC(C)C)c2ccc(F)cc2)c1. The van der Waals surface area contributed by atoms with Crippen LogP contribution in [-0.4, -0.2) is 28.7 Å². The summed E-state index contributed by atoms with van der Waals surface area (Å²) in [5, 5.41) is 5.54. The Balaban J connectivity index is 1.97. The molecule has 0 radical (unpaired) electrons. The van der Waals surface area contributed by atoms with Crippen molar-refractivity contribution in [3.05, 3.63) is 89.4 Å². The highest BCUT2D eigenvalue weighted by atomic mass is 19.1. The molecule has 0 saturated carbocycles. The summed E-state index contributed by atoms with van der Waals surface area (Å²) in [4.78, 5) is 45.1. The van der Waals surface area contributed by atoms with Gasteiger partial charge in [-0.1, -0.05) is 24.3 Å². The molecule has 8 heteroatoms. The lowest BCUT2D eigenvalue weighted by molar-refractivity contribution is -0.127. The third kappa shape index (κ3) is 7.21. The number of halogens is 1. The average molecular weight is 491 g/mol. The first-order valence-corrected chi connectivity index (χ1v) is 11.8. The average Bonchev–Trinajstić information content (AvgIpc) is 2.81. The van der Waals surface area contributed by atoms with Gasteiger partial charge >= 0.3 is 0 Å². The minimum atomic E-state index is -1.06. The second kappa shape index (κ2) is 12.1. The Kier molecular flexibility index (Phi) is 8.89. The highest BCUT2D eigenvalue weighted by Crippen LogP contribution is 2.31. The van der Waals surface area contributed by atoms with Crippen LogP contribution >= 0.6 is 0 Å². The van der Waals surface area contributed by atoms with E-state index in [1.807, 2.05) is 45.9 Å². The van der Waals surface area contributed by atoms with Crippen molar-refractivity contribution >= 4 is 29.2 Å². The summed E-state index contributed by atoms with van der Waals surface area (Å²) in [5.74, 6) is -1.24. The quantitative estimate of drug-likeness (QED) is 0.448. The predicted molar refractivity (Wildman–Crippen MR) is 138 cm³/mol. The lowest BCUT2D eigenvalue weighted by Crippen LogP contribution is -2.46. The Morgan fingerprint density at radius 1 is 0.944 bits per heavy atom. The minimum Gasteiger partial charge on any atom is -0.352 e. The summed E-state index contributed by atoms with van der Waals surface area (Å²) < 4.78 is 13.7. The molecule has 0 saturated heterocycles. The van der Waals surface area contributed by atoms with Crippen LogP contribution in [0.25, 0.3) is 0 Å². The normalized spacial score (nSPS) is 11.6. The highest BCUT2D eigenvalue weighted by molar-refractivity contribution is 6.03. The lowest BCUT2D eigenvalue weighted by Gasteiger charge is -2.32. The van der Waals surface area contributed by atoms with Gasteiger partial charge in [0.1, 0.15) is 17.7 Å². The van der Waals surface area contributed by atoms with Gasteiger partial charge in [0.2, 0.25) is 17.7 Å². The molecule has 1 aromatic heterocycles. The zero-order valence-electron chi connectivity index (χ0n) is 20.9. The number of aromatic nitrogens is 1. The number of hydrogen-bond acceptors (Lipinski definition) is 4. The number of nitrogens with zero attached hydrogens (tertiary/aromatic N) is 2. The van der Waals surface area contributed by atoms with Gasteiger partial charge in [0, 0.05) is 30.8 Å². The van der Waals surface area contributed by atoms with Crippen molar-refractivity contribution in [2.45, 2.75) is 52.6 Å². The number of aryl methyl sites for hydroxylation is 2. The molecule has 0 bridgehead atoms. The lowest BCUT2D eigenvalue weighted by atomic mass is 10.0. The fraction of sp³-hybridized carbons (Fsp3) is 0.286. The Morgan fingerprint density at radius 2 is 1.61 bits per heavy atom. The molecule has 1 heterocycles. The van der Waals surface area contributed by atoms with Crippen molar-refractivity contribution in [2.24, 2.45) is 0 Å². The van der Waals surface area contributed by atoms with E-state index in [4.69, 9.17) is 0 Å². The topological polar surface area (TPSA) is 91.4 Å². The van der Waals surface area contributed by atoms with Crippen molar-refractivity contribution in [1.82, 2.24) is 10.3 Å². The molecule has 188 valence electrons. The Bertz CT molecular complexity index is 1190. The summed E-state index contributed by atoms with van der Waals surface area (Å²) in [7, 11) is 0. The largest absolute Gasteiger partial charge is 0.352 e. The van der Waals surface area contributed by atoms with Crippen LogP contribution in [0.2, 0.25) is 0 Å². The monoisotopic (exact) mass is 490 g/mol. The van der Waals surface area contributed by atoms with E-state index in [0.29, 0.717) is 17.1 Å². The number of anilines is 2. The molecule has 3 aromatic rings. The molecule has 0 aliphatic rings. The maximum Gasteiger partial charge on any atom is 0.248 e. The van der Waals surface area contributed by atoms with Crippen LogP contribution in [0.15, 0.2) is 66.9 Å². The maximum absolute atomic E-state index is 13.7. The van der Waals surface area contributed by atoms with E-state index in [2.05, 4.69) is 15.6 Å². The second-order valence-corrected chi connectivity index (χ2v) is 8.99. The van der Waals surface area contributed by atoms with Crippen LogP contribution in [0.1, 0.15) is 49.4 Å². The van der Waals surface area contributed by atoms with Crippen LogP contribution in [0, 0.1) is 19.7 Å². The molecule has 2 N–H and O–H groups in total. The zero-order valence-corrected chi connectivity index (χ0v) is 20.9. The summed E-state index contributed by atoms with van der Waals surface area (Å²) >= 11 is 0. The van der Waals surface area contributed by atoms with Crippen molar-refractivity contribution < 1.29 is 18.8 Å². The molecular weight excluding hydrogens is 459 g/mol. The third-order valence-corrected chi connectivity index (χ3v) is 5.37. The van der Waals surface area contributed by atoms with Gasteiger partial charge in [0.05, 0.1) is 0 Å². The van der Waals surface area contributed by atoms with Gasteiger partial charge in [-0.2, -0.15) is 0 Å². The molecule has 0 spiro atoms. The summed E-state index contributed by atoms with van der Waals surface area (Å²) in [6, 6.07) is 15.0. The van der Waals surface area contributed by atoms with Crippen molar-refractivity contribution in [2.75, 3.05) is 10.2 Å². The molecule has 1 atom stereocenters. The fourth-order valence-electron chi connectivity index (χ4n) is 3.94. The van der Waals surface area contributed by atoms with E-state index in [9.17, 15) is 18.8 Å². The zero-order chi connectivity index (χ0) is 26.2. The molecule has 2 aromatic carbocycles. The Morgan fingerprint density at radius 3 is 2.19 bits per heavy atom. The standard InChI is InChI=1S/C28H31FN4O3/c1-18(2)31-28(36)27(21-8-10-22(29)11-9-21)33(23-16-19(3)15-20(4)17-23)26(35)13-12-25(34)32-24-7-5-6-14-30-24/h5-11,14-18,27H,12-13H2,1-4H3,(H,31,36)(H,30,32,34). The van der Waals surface area contributed by atoms with Crippen molar-refractivity contribution in [1.29, 1.82) is 0 Å². The van der Waals surface area contributed by atoms with Crippen molar-refractivity contribution in [3.63, 3.8) is 0 Å². The van der Waals surface area contributed by atoms with Gasteiger partial charge in [-0.15, -0.1) is 0 Å². The molecule has 0 fully saturated rings. The molecule has 0 aliphatic carbocycles. The number of carbonyl (C=O) groups excluding carboxylic acids is 3. The number of pyridine rings is 1. The first kappa shape index (κ1) is 26.5. The van der Waals surface area contributed by atoms with Gasteiger partial charge in [0.25, 0.3) is 0 Å². The van der Waals surface area contributed by atoms with Gasteiger partial charge in [-0.3, -0.25) is 19.3 Å². The van der Waals surface area contributed by atoms with Gasteiger partial charge < -0.3 is 10.6 Å². The first-order valence-electron chi connectivity index (χ1n) is 11.8. The number of amides is 3. The predicted octanol–water partition coefficient (Wildman–Crippen LogP) is 4.86. The highest BCUT2D eigenvalue weighted by Gasteiger charge is 2.33. The van der Waals surface area contributed by atoms with E-state index >= 15 is 0 Å². The van der Waals surface area contributed by atoms with E-state index in [0.717, 1.165) is 11.1 Å². The van der Waals surface area contributed by atoms with Crippen LogP contribution in [0.5, 0.6) is 0 Å². The van der Waals surface area contributed by atoms with E-state index in [-0.39, 0.29) is 24.8 Å². The smallest absolute Gasteiger partial charge is 0.248 e. The Labute approximate surface area is 210 Å². The number of nitrogens with one attached hydrogen (secondary N) is 2. The molecule has 0 aliphatic heterocycles. The van der Waals surface area contributed by atoms with Crippen LogP contribution in [0.3, 0.4) is 0 Å². The molecule has 3 rings (SSSR count). The molecule has 36 heavy (non-hydrogen) atoms. The number of rotatable bonds is 9. The number of carbonyl (C=O) groups is 3. The van der Waals surface area contributed by atoms with Crippen molar-refractivity contribution in [3.8, 4) is 0 Å². The van der Waals surface area contributed by atoms with Gasteiger partial charge in [0.15, 0.2) is 0 Å². The van der Waals surface area contributed by atoms with Gasteiger partial charge in [-0.05, 0) is 80.8 Å². The van der Waals surface area contributed by atoms with Gasteiger partial charge in [-0.25, -0.2) is 9.37 Å². The molecule has 1 unspecified atom stereocenters. The Hall–Kier alpha value is -4.07. The van der Waals surface area contributed by atoms with E-state index in [1.54, 1.807) is 24.4 Å². The first-order chi connectivity index (χ1) is 17.1. The summed E-state index contributed by atoms with van der Waals surface area (Å²) in [5.41, 5.74) is 2.81. The summed E-state index contributed by atoms with van der Waals surface area (Å²) in [6.45, 7) is 7.45. The van der Waals surface area contributed by atoms with Crippen LogP contribution < -0.4 is 15.5 Å². The third-order valence-electron chi connectivity index (χ3n) is 5.37. The van der Waals surface area contributed by atoms with Crippen LogP contribution in [-0.2, 0) is 14.4 Å².